The van der Waals surface area contributed by atoms with E-state index in [4.69, 9.17) is 9.47 Å². The highest BCUT2D eigenvalue weighted by molar-refractivity contribution is 4.93. The molecule has 0 aromatic heterocycles. The van der Waals surface area contributed by atoms with Gasteiger partial charge in [-0.05, 0) is 109 Å². The second kappa shape index (κ2) is 37.7. The van der Waals surface area contributed by atoms with Gasteiger partial charge in [0.05, 0.1) is 12.7 Å². The highest BCUT2D eigenvalue weighted by atomic mass is 16.5. The summed E-state index contributed by atoms with van der Waals surface area (Å²) in [4.78, 5) is 2.61. The molecule has 1 atom stereocenters. The summed E-state index contributed by atoms with van der Waals surface area (Å²) in [5.41, 5.74) is 0. The molecule has 0 aromatic rings. The van der Waals surface area contributed by atoms with Gasteiger partial charge in [-0.2, -0.15) is 0 Å². The zero-order valence-corrected chi connectivity index (χ0v) is 31.8. The van der Waals surface area contributed by atoms with Crippen molar-refractivity contribution in [1.29, 1.82) is 0 Å². The monoisotopic (exact) mass is 656 g/mol. The second-order valence-corrected chi connectivity index (χ2v) is 14.1. The summed E-state index contributed by atoms with van der Waals surface area (Å²) in [6, 6.07) is 0. The Hall–Kier alpha value is -1.16. The lowest BCUT2D eigenvalue weighted by Crippen LogP contribution is -2.28. The molecule has 0 N–H and O–H groups in total. The summed E-state index contributed by atoms with van der Waals surface area (Å²) in [5, 5.41) is 0. The lowest BCUT2D eigenvalue weighted by molar-refractivity contribution is -0.0255. The van der Waals surface area contributed by atoms with Crippen molar-refractivity contribution in [3.8, 4) is 0 Å². The van der Waals surface area contributed by atoms with Crippen LogP contribution in [0.3, 0.4) is 0 Å². The maximum atomic E-state index is 6.38. The van der Waals surface area contributed by atoms with Gasteiger partial charge in [0, 0.05) is 19.8 Å². The van der Waals surface area contributed by atoms with Gasteiger partial charge in [-0.3, -0.25) is 0 Å². The van der Waals surface area contributed by atoms with Gasteiger partial charge in [0.15, 0.2) is 0 Å². The molecule has 0 aliphatic carbocycles. The number of hydrogen-bond donors (Lipinski definition) is 0. The number of unbranched alkanes of at least 4 members (excludes halogenated alkanes) is 18. The van der Waals surface area contributed by atoms with Crippen LogP contribution in [0.1, 0.15) is 187 Å². The van der Waals surface area contributed by atoms with Gasteiger partial charge in [-0.15, -0.1) is 0 Å². The Morgan fingerprint density at radius 2 is 0.915 bits per heavy atom. The average molecular weight is 656 g/mol. The minimum absolute atomic E-state index is 0.262. The first kappa shape index (κ1) is 43.9. The molecule has 1 aliphatic heterocycles. The third-order valence-electron chi connectivity index (χ3n) is 9.46. The number of rotatable bonds is 36. The molecule has 0 aromatic carbocycles. The molecule has 1 unspecified atom stereocenters. The van der Waals surface area contributed by atoms with E-state index in [1.807, 2.05) is 0 Å². The maximum Gasteiger partial charge on any atom is 0.0820 e. The van der Waals surface area contributed by atoms with E-state index in [2.05, 4.69) is 67.4 Å². The van der Waals surface area contributed by atoms with Crippen LogP contribution in [0.5, 0.6) is 0 Å². The Balaban J connectivity index is 1.99. The van der Waals surface area contributed by atoms with Crippen LogP contribution < -0.4 is 0 Å². The summed E-state index contributed by atoms with van der Waals surface area (Å²) in [6.45, 7) is 10.8. The Labute approximate surface area is 295 Å². The lowest BCUT2D eigenvalue weighted by atomic mass is 10.1. The SMILES string of the molecule is CCCCC/C=C/C/C=C/CCCCCCCCOCC(CCN1CCCC1)OCCCCCCCC/C=C/C/C=C/CCCCC. The van der Waals surface area contributed by atoms with E-state index in [0.29, 0.717) is 0 Å². The standard InChI is InChI=1S/C44H81NO2/c1-3-5-7-9-11-13-15-17-19-21-23-25-27-29-31-35-41-46-43-44(37-40-45-38-33-34-39-45)47-42-36-32-30-28-26-24-22-20-18-16-14-12-10-8-6-4-2/h11-14,17-20,44H,3-10,15-16,21-43H2,1-2H3/b13-11+,14-12+,19-17+,20-18+. The normalized spacial score (nSPS) is 15.1. The van der Waals surface area contributed by atoms with Crippen LogP contribution in [-0.2, 0) is 9.47 Å². The van der Waals surface area contributed by atoms with E-state index in [1.165, 1.54) is 174 Å². The summed E-state index contributed by atoms with van der Waals surface area (Å²) >= 11 is 0. The van der Waals surface area contributed by atoms with Crippen LogP contribution in [0, 0.1) is 0 Å². The second-order valence-electron chi connectivity index (χ2n) is 14.1. The van der Waals surface area contributed by atoms with Crippen molar-refractivity contribution in [3.05, 3.63) is 48.6 Å². The first-order chi connectivity index (χ1) is 23.4. The van der Waals surface area contributed by atoms with Crippen molar-refractivity contribution in [2.24, 2.45) is 0 Å². The molecule has 1 saturated heterocycles. The molecule has 0 spiro atoms. The average Bonchev–Trinajstić information content (AvgIpc) is 3.61. The lowest BCUT2D eigenvalue weighted by Gasteiger charge is -2.22. The smallest absolute Gasteiger partial charge is 0.0820 e. The quantitative estimate of drug-likeness (QED) is 0.0495. The summed E-state index contributed by atoms with van der Waals surface area (Å²) in [6.07, 6.45) is 53.9. The van der Waals surface area contributed by atoms with Gasteiger partial charge < -0.3 is 14.4 Å². The number of nitrogens with zero attached hydrogens (tertiary/aromatic N) is 1. The predicted octanol–water partition coefficient (Wildman–Crippen LogP) is 13.5. The van der Waals surface area contributed by atoms with E-state index in [9.17, 15) is 0 Å². The van der Waals surface area contributed by atoms with Crippen molar-refractivity contribution in [2.75, 3.05) is 39.5 Å². The Kier molecular flexibility index (Phi) is 35.1. The number of hydrogen-bond acceptors (Lipinski definition) is 3. The number of likely N-dealkylation sites (tertiary alicyclic amines) is 1. The van der Waals surface area contributed by atoms with Gasteiger partial charge in [0.1, 0.15) is 0 Å². The molecular weight excluding hydrogens is 574 g/mol. The first-order valence-electron chi connectivity index (χ1n) is 20.9. The molecule has 1 heterocycles. The zero-order valence-electron chi connectivity index (χ0n) is 31.8. The summed E-state index contributed by atoms with van der Waals surface area (Å²) in [7, 11) is 0. The minimum atomic E-state index is 0.262. The Morgan fingerprint density at radius 3 is 1.40 bits per heavy atom. The molecule has 0 bridgehead atoms. The van der Waals surface area contributed by atoms with Gasteiger partial charge in [-0.1, -0.05) is 140 Å². The van der Waals surface area contributed by atoms with Crippen LogP contribution >= 0.6 is 0 Å². The molecule has 274 valence electrons. The molecule has 1 fully saturated rings. The van der Waals surface area contributed by atoms with Gasteiger partial charge in [0.25, 0.3) is 0 Å². The van der Waals surface area contributed by atoms with Crippen LogP contribution in [0.4, 0.5) is 0 Å². The van der Waals surface area contributed by atoms with E-state index in [-0.39, 0.29) is 6.10 Å². The third kappa shape index (κ3) is 33.1. The van der Waals surface area contributed by atoms with E-state index in [1.54, 1.807) is 0 Å². The third-order valence-corrected chi connectivity index (χ3v) is 9.46. The fourth-order valence-electron chi connectivity index (χ4n) is 6.29. The molecule has 47 heavy (non-hydrogen) atoms. The number of allylic oxidation sites excluding steroid dienone is 8. The van der Waals surface area contributed by atoms with Gasteiger partial charge >= 0.3 is 0 Å². The molecule has 3 nitrogen and oxygen atoms in total. The predicted molar refractivity (Wildman–Crippen MR) is 210 cm³/mol. The number of ether oxygens (including phenoxy) is 2. The first-order valence-corrected chi connectivity index (χ1v) is 20.9. The van der Waals surface area contributed by atoms with E-state index in [0.717, 1.165) is 39.1 Å². The minimum Gasteiger partial charge on any atom is -0.379 e. The van der Waals surface area contributed by atoms with Crippen LogP contribution in [0.2, 0.25) is 0 Å². The van der Waals surface area contributed by atoms with E-state index < -0.39 is 0 Å². The molecule has 1 aliphatic rings. The Bertz CT molecular complexity index is 720. The zero-order chi connectivity index (χ0) is 33.6. The van der Waals surface area contributed by atoms with Crippen LogP contribution in [-0.4, -0.2) is 50.5 Å². The molecule has 0 radical (unpaired) electrons. The fourth-order valence-corrected chi connectivity index (χ4v) is 6.29. The van der Waals surface area contributed by atoms with Gasteiger partial charge in [0.2, 0.25) is 0 Å². The topological polar surface area (TPSA) is 21.7 Å². The van der Waals surface area contributed by atoms with Crippen molar-refractivity contribution >= 4 is 0 Å². The highest BCUT2D eigenvalue weighted by Crippen LogP contribution is 2.13. The van der Waals surface area contributed by atoms with Gasteiger partial charge in [-0.25, -0.2) is 0 Å². The Morgan fingerprint density at radius 1 is 0.489 bits per heavy atom. The molecule has 0 saturated carbocycles. The maximum absolute atomic E-state index is 6.38. The van der Waals surface area contributed by atoms with Crippen molar-refractivity contribution in [1.82, 2.24) is 4.90 Å². The summed E-state index contributed by atoms with van der Waals surface area (Å²) in [5.74, 6) is 0. The van der Waals surface area contributed by atoms with Crippen molar-refractivity contribution in [3.63, 3.8) is 0 Å². The van der Waals surface area contributed by atoms with E-state index >= 15 is 0 Å². The molecular formula is C44H81NO2. The summed E-state index contributed by atoms with van der Waals surface area (Å²) < 4.78 is 12.5. The largest absolute Gasteiger partial charge is 0.379 e. The molecule has 0 amide bonds. The molecule has 1 rings (SSSR count). The van der Waals surface area contributed by atoms with Crippen LogP contribution in [0.15, 0.2) is 48.6 Å². The fraction of sp³-hybridized carbons (Fsp3) is 0.818. The highest BCUT2D eigenvalue weighted by Gasteiger charge is 2.15. The van der Waals surface area contributed by atoms with Crippen molar-refractivity contribution in [2.45, 2.75) is 193 Å². The van der Waals surface area contributed by atoms with Crippen molar-refractivity contribution < 1.29 is 9.47 Å². The van der Waals surface area contributed by atoms with Crippen LogP contribution in [0.25, 0.3) is 0 Å². The molecule has 3 heteroatoms.